The Morgan fingerprint density at radius 2 is 2.36 bits per heavy atom. The van der Waals surface area contributed by atoms with E-state index in [0.29, 0.717) is 13.1 Å². The van der Waals surface area contributed by atoms with Gasteiger partial charge in [-0.1, -0.05) is 0 Å². The molecule has 82 valence electrons. The van der Waals surface area contributed by atoms with Gasteiger partial charge in [0, 0.05) is 17.8 Å². The van der Waals surface area contributed by atoms with Gasteiger partial charge in [0.25, 0.3) is 0 Å². The van der Waals surface area contributed by atoms with Crippen molar-refractivity contribution in [1.29, 1.82) is 0 Å². The van der Waals surface area contributed by atoms with E-state index in [1.807, 2.05) is 11.8 Å². The highest BCUT2D eigenvalue weighted by Crippen LogP contribution is 2.36. The molecular formula is C9H18N2O2S. The van der Waals surface area contributed by atoms with Crippen molar-refractivity contribution < 1.29 is 9.90 Å². The molecule has 1 saturated heterocycles. The molecule has 1 aliphatic heterocycles. The van der Waals surface area contributed by atoms with Gasteiger partial charge in [-0.25, -0.2) is 4.79 Å². The molecule has 0 aromatic heterocycles. The minimum Gasteiger partial charge on any atom is -0.395 e. The highest BCUT2D eigenvalue weighted by molar-refractivity contribution is 8.00. The Morgan fingerprint density at radius 1 is 1.57 bits per heavy atom. The maximum atomic E-state index is 11.2. The zero-order valence-corrected chi connectivity index (χ0v) is 9.32. The summed E-state index contributed by atoms with van der Waals surface area (Å²) >= 11 is 1.92. The van der Waals surface area contributed by atoms with Crippen LogP contribution in [0.2, 0.25) is 0 Å². The largest absolute Gasteiger partial charge is 0.395 e. The molecule has 0 saturated carbocycles. The number of carbonyl (C=O) groups excluding carboxylic acids is 1. The predicted octanol–water partition coefficient (Wildman–Crippen LogP) is 0.564. The van der Waals surface area contributed by atoms with E-state index >= 15 is 0 Å². The third kappa shape index (κ3) is 3.75. The molecule has 0 aromatic carbocycles. The van der Waals surface area contributed by atoms with E-state index in [9.17, 15) is 4.79 Å². The lowest BCUT2D eigenvalue weighted by Crippen LogP contribution is -2.43. The maximum Gasteiger partial charge on any atom is 0.314 e. The summed E-state index contributed by atoms with van der Waals surface area (Å²) in [5.41, 5.74) is 0. The number of amides is 2. The van der Waals surface area contributed by atoms with Gasteiger partial charge in [-0.15, -0.1) is 0 Å². The lowest BCUT2D eigenvalue weighted by Gasteiger charge is -2.22. The topological polar surface area (TPSA) is 61.4 Å². The van der Waals surface area contributed by atoms with Gasteiger partial charge in [-0.2, -0.15) is 11.8 Å². The zero-order chi connectivity index (χ0) is 10.4. The molecule has 1 fully saturated rings. The van der Waals surface area contributed by atoms with E-state index in [1.54, 1.807) is 0 Å². The lowest BCUT2D eigenvalue weighted by molar-refractivity contribution is 0.233. The summed E-state index contributed by atoms with van der Waals surface area (Å²) in [5, 5.41) is 13.9. The average molecular weight is 218 g/mol. The minimum absolute atomic E-state index is 0.0144. The number of hydrogen-bond donors (Lipinski definition) is 3. The minimum atomic E-state index is -0.187. The first kappa shape index (κ1) is 11.7. The molecule has 1 atom stereocenters. The molecule has 2 amide bonds. The standard InChI is InChI=1S/C9H18N2O2S/c1-9(3-2-6-14-9)7-11-8(13)10-4-5-12/h12H,2-7H2,1H3,(H2,10,11,13). The van der Waals surface area contributed by atoms with Gasteiger partial charge in [0.05, 0.1) is 6.61 Å². The average Bonchev–Trinajstić information content (AvgIpc) is 2.60. The van der Waals surface area contributed by atoms with Crippen LogP contribution in [0.25, 0.3) is 0 Å². The van der Waals surface area contributed by atoms with Crippen molar-refractivity contribution in [2.24, 2.45) is 0 Å². The Kier molecular flexibility index (Phi) is 4.54. The number of aliphatic hydroxyl groups excluding tert-OH is 1. The fourth-order valence-corrected chi connectivity index (χ4v) is 2.72. The third-order valence-electron chi connectivity index (χ3n) is 2.32. The smallest absolute Gasteiger partial charge is 0.314 e. The van der Waals surface area contributed by atoms with Crippen molar-refractivity contribution in [2.45, 2.75) is 24.5 Å². The molecule has 5 heteroatoms. The lowest BCUT2D eigenvalue weighted by atomic mass is 10.1. The summed E-state index contributed by atoms with van der Waals surface area (Å²) in [6.07, 6.45) is 2.40. The van der Waals surface area contributed by atoms with Gasteiger partial charge in [-0.3, -0.25) is 0 Å². The quantitative estimate of drug-likeness (QED) is 0.646. The van der Waals surface area contributed by atoms with E-state index in [0.717, 1.165) is 6.42 Å². The van der Waals surface area contributed by atoms with Crippen molar-refractivity contribution >= 4 is 17.8 Å². The molecular weight excluding hydrogens is 200 g/mol. The number of hydrogen-bond acceptors (Lipinski definition) is 3. The maximum absolute atomic E-state index is 11.2. The normalized spacial score (nSPS) is 26.1. The van der Waals surface area contributed by atoms with Crippen molar-refractivity contribution in [3.8, 4) is 0 Å². The second kappa shape index (κ2) is 5.46. The number of nitrogens with one attached hydrogen (secondary N) is 2. The summed E-state index contributed by atoms with van der Waals surface area (Å²) in [5.74, 6) is 1.19. The highest BCUT2D eigenvalue weighted by atomic mass is 32.2. The van der Waals surface area contributed by atoms with Gasteiger partial charge in [-0.05, 0) is 25.5 Å². The number of rotatable bonds is 4. The van der Waals surface area contributed by atoms with Crippen molar-refractivity contribution in [3.05, 3.63) is 0 Å². The van der Waals surface area contributed by atoms with Gasteiger partial charge in [0.15, 0.2) is 0 Å². The molecule has 0 spiro atoms. The van der Waals surface area contributed by atoms with Gasteiger partial charge in [0.2, 0.25) is 0 Å². The second-order valence-corrected chi connectivity index (χ2v) is 5.42. The first-order chi connectivity index (χ1) is 6.66. The SMILES string of the molecule is CC1(CNC(=O)NCCO)CCCS1. The van der Waals surface area contributed by atoms with Crippen LogP contribution in [0.3, 0.4) is 0 Å². The van der Waals surface area contributed by atoms with Crippen molar-refractivity contribution in [1.82, 2.24) is 10.6 Å². The van der Waals surface area contributed by atoms with Crippen LogP contribution in [-0.4, -0.2) is 41.3 Å². The molecule has 3 N–H and O–H groups in total. The van der Waals surface area contributed by atoms with E-state index in [2.05, 4.69) is 17.6 Å². The van der Waals surface area contributed by atoms with Crippen LogP contribution in [0, 0.1) is 0 Å². The fraction of sp³-hybridized carbons (Fsp3) is 0.889. The van der Waals surface area contributed by atoms with Crippen LogP contribution in [0.15, 0.2) is 0 Å². The third-order valence-corrected chi connectivity index (χ3v) is 3.86. The van der Waals surface area contributed by atoms with E-state index in [4.69, 9.17) is 5.11 Å². The summed E-state index contributed by atoms with van der Waals surface area (Å²) in [6.45, 7) is 3.18. The predicted molar refractivity (Wildman–Crippen MR) is 58.6 cm³/mol. The molecule has 0 aromatic rings. The number of urea groups is 1. The van der Waals surface area contributed by atoms with Gasteiger partial charge >= 0.3 is 6.03 Å². The number of carbonyl (C=O) groups is 1. The molecule has 4 nitrogen and oxygen atoms in total. The van der Waals surface area contributed by atoms with E-state index in [-0.39, 0.29) is 17.4 Å². The van der Waals surface area contributed by atoms with E-state index in [1.165, 1.54) is 12.2 Å². The molecule has 1 heterocycles. The fourth-order valence-electron chi connectivity index (χ4n) is 1.48. The molecule has 1 aliphatic rings. The van der Waals surface area contributed by atoms with Gasteiger partial charge in [0.1, 0.15) is 0 Å². The summed E-state index contributed by atoms with van der Waals surface area (Å²) < 4.78 is 0.205. The van der Waals surface area contributed by atoms with Crippen LogP contribution >= 0.6 is 11.8 Å². The molecule has 0 aliphatic carbocycles. The zero-order valence-electron chi connectivity index (χ0n) is 8.51. The monoisotopic (exact) mass is 218 g/mol. The van der Waals surface area contributed by atoms with Crippen LogP contribution in [0.1, 0.15) is 19.8 Å². The Balaban J connectivity index is 2.15. The van der Waals surface area contributed by atoms with Crippen LogP contribution in [-0.2, 0) is 0 Å². The Morgan fingerprint density at radius 3 is 2.93 bits per heavy atom. The van der Waals surface area contributed by atoms with Crippen molar-refractivity contribution in [3.63, 3.8) is 0 Å². The Hall–Kier alpha value is -0.420. The second-order valence-electron chi connectivity index (χ2n) is 3.73. The molecule has 1 rings (SSSR count). The highest BCUT2D eigenvalue weighted by Gasteiger charge is 2.29. The molecule has 0 bridgehead atoms. The summed E-state index contributed by atoms with van der Waals surface area (Å²) in [7, 11) is 0. The van der Waals surface area contributed by atoms with E-state index < -0.39 is 0 Å². The van der Waals surface area contributed by atoms with Crippen LogP contribution in [0.5, 0.6) is 0 Å². The Labute approximate surface area is 88.8 Å². The van der Waals surface area contributed by atoms with Crippen LogP contribution < -0.4 is 10.6 Å². The van der Waals surface area contributed by atoms with Gasteiger partial charge < -0.3 is 15.7 Å². The molecule has 0 radical (unpaired) electrons. The van der Waals surface area contributed by atoms with Crippen LogP contribution in [0.4, 0.5) is 4.79 Å². The molecule has 14 heavy (non-hydrogen) atoms. The van der Waals surface area contributed by atoms with Crippen molar-refractivity contribution in [2.75, 3.05) is 25.4 Å². The summed E-state index contributed by atoms with van der Waals surface area (Å²) in [6, 6.07) is -0.187. The summed E-state index contributed by atoms with van der Waals surface area (Å²) in [4.78, 5) is 11.2. The Bertz CT molecular complexity index is 193. The number of thioether (sulfide) groups is 1. The first-order valence-corrected chi connectivity index (χ1v) is 5.91. The first-order valence-electron chi connectivity index (χ1n) is 4.93. The number of aliphatic hydroxyl groups is 1. The molecule has 1 unspecified atom stereocenters.